The van der Waals surface area contributed by atoms with Crippen LogP contribution >= 0.6 is 0 Å². The standard InChI is InChI=1S/C21H23F2NO5/c1-14(8-9-15-6-4-3-5-7-15)24-19(25)13-28-20(26)16-10-11-17(29-21(22)23)18(12-16)27-2/h3-7,10-12,14,21H,8-9,13H2,1-2H3,(H,24,25)/t14-/m0/s1. The van der Waals surface area contributed by atoms with Crippen LogP contribution in [0.25, 0.3) is 0 Å². The van der Waals surface area contributed by atoms with Gasteiger partial charge in [-0.2, -0.15) is 8.78 Å². The molecule has 6 nitrogen and oxygen atoms in total. The summed E-state index contributed by atoms with van der Waals surface area (Å²) < 4.78 is 38.9. The topological polar surface area (TPSA) is 73.9 Å². The van der Waals surface area contributed by atoms with Crippen molar-refractivity contribution in [1.29, 1.82) is 0 Å². The zero-order valence-corrected chi connectivity index (χ0v) is 16.2. The minimum atomic E-state index is -3.02. The van der Waals surface area contributed by atoms with E-state index in [2.05, 4.69) is 10.1 Å². The molecule has 0 saturated heterocycles. The van der Waals surface area contributed by atoms with Crippen molar-refractivity contribution in [2.75, 3.05) is 13.7 Å². The largest absolute Gasteiger partial charge is 0.493 e. The second kappa shape index (κ2) is 11.0. The molecule has 0 radical (unpaired) electrons. The molecule has 0 fully saturated rings. The molecule has 0 bridgehead atoms. The summed E-state index contributed by atoms with van der Waals surface area (Å²) in [5, 5.41) is 2.77. The lowest BCUT2D eigenvalue weighted by Crippen LogP contribution is -2.36. The maximum absolute atomic E-state index is 12.3. The second-order valence-corrected chi connectivity index (χ2v) is 6.31. The minimum absolute atomic E-state index is 0.0428. The number of carbonyl (C=O) groups is 2. The fraction of sp³-hybridized carbons (Fsp3) is 0.333. The minimum Gasteiger partial charge on any atom is -0.493 e. The number of ether oxygens (including phenoxy) is 3. The van der Waals surface area contributed by atoms with Crippen molar-refractivity contribution in [2.24, 2.45) is 0 Å². The summed E-state index contributed by atoms with van der Waals surface area (Å²) in [6.45, 7) is -1.60. The van der Waals surface area contributed by atoms with Gasteiger partial charge in [0.1, 0.15) is 0 Å². The van der Waals surface area contributed by atoms with E-state index in [1.807, 2.05) is 37.3 Å². The molecule has 156 valence electrons. The Labute approximate surface area is 167 Å². The third-order valence-corrected chi connectivity index (χ3v) is 4.07. The fourth-order valence-corrected chi connectivity index (χ4v) is 2.62. The van der Waals surface area contributed by atoms with Crippen LogP contribution in [0.4, 0.5) is 8.78 Å². The van der Waals surface area contributed by atoms with Gasteiger partial charge < -0.3 is 19.5 Å². The Balaban J connectivity index is 1.81. The number of halogens is 2. The number of carbonyl (C=O) groups excluding carboxylic acids is 2. The quantitative estimate of drug-likeness (QED) is 0.610. The first-order valence-corrected chi connectivity index (χ1v) is 9.02. The van der Waals surface area contributed by atoms with Gasteiger partial charge in [-0.15, -0.1) is 0 Å². The molecule has 2 rings (SSSR count). The van der Waals surface area contributed by atoms with Gasteiger partial charge in [0.05, 0.1) is 12.7 Å². The second-order valence-electron chi connectivity index (χ2n) is 6.31. The van der Waals surface area contributed by atoms with Gasteiger partial charge in [-0.05, 0) is 43.5 Å². The third-order valence-electron chi connectivity index (χ3n) is 4.07. The number of aryl methyl sites for hydroxylation is 1. The lowest BCUT2D eigenvalue weighted by molar-refractivity contribution is -0.124. The Kier molecular flexibility index (Phi) is 8.39. The Morgan fingerprint density at radius 2 is 1.79 bits per heavy atom. The van der Waals surface area contributed by atoms with Crippen molar-refractivity contribution in [3.63, 3.8) is 0 Å². The normalized spacial score (nSPS) is 11.6. The summed E-state index contributed by atoms with van der Waals surface area (Å²) in [4.78, 5) is 24.1. The third kappa shape index (κ3) is 7.40. The average molecular weight is 407 g/mol. The molecule has 8 heteroatoms. The molecule has 1 amide bonds. The summed E-state index contributed by atoms with van der Waals surface area (Å²) in [7, 11) is 1.26. The van der Waals surface area contributed by atoms with Gasteiger partial charge in [0.25, 0.3) is 5.91 Å². The number of alkyl halides is 2. The van der Waals surface area contributed by atoms with Crippen LogP contribution in [0.5, 0.6) is 11.5 Å². The number of hydrogen-bond donors (Lipinski definition) is 1. The van der Waals surface area contributed by atoms with Gasteiger partial charge in [-0.3, -0.25) is 4.79 Å². The Morgan fingerprint density at radius 1 is 1.07 bits per heavy atom. The molecule has 2 aromatic rings. The van der Waals surface area contributed by atoms with E-state index in [-0.39, 0.29) is 23.1 Å². The van der Waals surface area contributed by atoms with Gasteiger partial charge in [0.2, 0.25) is 0 Å². The molecular weight excluding hydrogens is 384 g/mol. The summed E-state index contributed by atoms with van der Waals surface area (Å²) in [6.07, 6.45) is 1.56. The lowest BCUT2D eigenvalue weighted by Gasteiger charge is -2.14. The van der Waals surface area contributed by atoms with E-state index >= 15 is 0 Å². The number of methoxy groups -OCH3 is 1. The highest BCUT2D eigenvalue weighted by molar-refractivity contribution is 5.92. The molecule has 0 aliphatic rings. The molecule has 0 heterocycles. The van der Waals surface area contributed by atoms with Crippen LogP contribution in [-0.2, 0) is 16.0 Å². The van der Waals surface area contributed by atoms with Gasteiger partial charge in [-0.1, -0.05) is 30.3 Å². The van der Waals surface area contributed by atoms with E-state index < -0.39 is 25.1 Å². The van der Waals surface area contributed by atoms with Crippen molar-refractivity contribution >= 4 is 11.9 Å². The van der Waals surface area contributed by atoms with Crippen LogP contribution < -0.4 is 14.8 Å². The first kappa shape index (κ1) is 22.1. The van der Waals surface area contributed by atoms with E-state index in [4.69, 9.17) is 9.47 Å². The highest BCUT2D eigenvalue weighted by Crippen LogP contribution is 2.29. The number of rotatable bonds is 10. The molecule has 1 N–H and O–H groups in total. The maximum atomic E-state index is 12.3. The van der Waals surface area contributed by atoms with E-state index in [0.717, 1.165) is 12.8 Å². The highest BCUT2D eigenvalue weighted by atomic mass is 19.3. The molecule has 0 aliphatic carbocycles. The van der Waals surface area contributed by atoms with E-state index in [1.165, 1.54) is 30.9 Å². The predicted octanol–water partition coefficient (Wildman–Crippen LogP) is 3.59. The lowest BCUT2D eigenvalue weighted by atomic mass is 10.1. The van der Waals surface area contributed by atoms with E-state index in [0.29, 0.717) is 0 Å². The monoisotopic (exact) mass is 407 g/mol. The number of esters is 1. The number of nitrogens with one attached hydrogen (secondary N) is 1. The first-order valence-electron chi connectivity index (χ1n) is 9.02. The zero-order valence-electron chi connectivity index (χ0n) is 16.2. The molecule has 1 atom stereocenters. The van der Waals surface area contributed by atoms with Crippen LogP contribution in [0.2, 0.25) is 0 Å². The molecule has 2 aromatic carbocycles. The van der Waals surface area contributed by atoms with E-state index in [9.17, 15) is 18.4 Å². The van der Waals surface area contributed by atoms with Crippen LogP contribution in [-0.4, -0.2) is 38.2 Å². The molecule has 0 aliphatic heterocycles. The summed E-state index contributed by atoms with van der Waals surface area (Å²) in [6, 6.07) is 13.4. The van der Waals surface area contributed by atoms with Gasteiger partial charge >= 0.3 is 12.6 Å². The molecule has 0 unspecified atom stereocenters. The molecule has 29 heavy (non-hydrogen) atoms. The molecule has 0 spiro atoms. The van der Waals surface area contributed by atoms with Crippen LogP contribution in [0.1, 0.15) is 29.3 Å². The van der Waals surface area contributed by atoms with Crippen molar-refractivity contribution < 1.29 is 32.6 Å². The van der Waals surface area contributed by atoms with Crippen LogP contribution in [0, 0.1) is 0 Å². The Morgan fingerprint density at radius 3 is 2.45 bits per heavy atom. The summed E-state index contributed by atoms with van der Waals surface area (Å²) in [5.74, 6) is -1.45. The van der Waals surface area contributed by atoms with Crippen molar-refractivity contribution in [2.45, 2.75) is 32.4 Å². The molecule has 0 aromatic heterocycles. The molecule has 0 saturated carbocycles. The van der Waals surface area contributed by atoms with Crippen molar-refractivity contribution in [1.82, 2.24) is 5.32 Å². The number of amides is 1. The van der Waals surface area contributed by atoms with Crippen molar-refractivity contribution in [3.05, 3.63) is 59.7 Å². The van der Waals surface area contributed by atoms with E-state index in [1.54, 1.807) is 0 Å². The Hall–Kier alpha value is -3.16. The zero-order chi connectivity index (χ0) is 21.2. The maximum Gasteiger partial charge on any atom is 0.387 e. The molecular formula is C21H23F2NO5. The van der Waals surface area contributed by atoms with Gasteiger partial charge in [0, 0.05) is 6.04 Å². The van der Waals surface area contributed by atoms with Crippen molar-refractivity contribution in [3.8, 4) is 11.5 Å². The highest BCUT2D eigenvalue weighted by Gasteiger charge is 2.16. The van der Waals surface area contributed by atoms with Gasteiger partial charge in [-0.25, -0.2) is 4.79 Å². The average Bonchev–Trinajstić information content (AvgIpc) is 2.71. The summed E-state index contributed by atoms with van der Waals surface area (Å²) in [5.41, 5.74) is 1.22. The SMILES string of the molecule is COc1cc(C(=O)OCC(=O)N[C@@H](C)CCc2ccccc2)ccc1OC(F)F. The van der Waals surface area contributed by atoms with Crippen LogP contribution in [0.15, 0.2) is 48.5 Å². The number of hydrogen-bond acceptors (Lipinski definition) is 5. The van der Waals surface area contributed by atoms with Crippen LogP contribution in [0.3, 0.4) is 0 Å². The first-order chi connectivity index (χ1) is 13.9. The fourth-order valence-electron chi connectivity index (χ4n) is 2.62. The van der Waals surface area contributed by atoms with Gasteiger partial charge in [0.15, 0.2) is 18.1 Å². The number of benzene rings is 2. The Bertz CT molecular complexity index is 814. The predicted molar refractivity (Wildman–Crippen MR) is 102 cm³/mol. The smallest absolute Gasteiger partial charge is 0.387 e. The summed E-state index contributed by atoms with van der Waals surface area (Å²) >= 11 is 0.